The van der Waals surface area contributed by atoms with E-state index in [-0.39, 0.29) is 28.7 Å². The quantitative estimate of drug-likeness (QED) is 0.239. The van der Waals surface area contributed by atoms with Crippen LogP contribution in [0.3, 0.4) is 0 Å². The predicted octanol–water partition coefficient (Wildman–Crippen LogP) is 0.339. The van der Waals surface area contributed by atoms with Gasteiger partial charge in [0.15, 0.2) is 29.9 Å². The number of rotatable bonds is 6. The molecule has 0 aromatic heterocycles. The summed E-state index contributed by atoms with van der Waals surface area (Å²) in [7, 11) is 1.52. The van der Waals surface area contributed by atoms with Gasteiger partial charge < -0.3 is 44.5 Å². The predicted molar refractivity (Wildman–Crippen MR) is 149 cm³/mol. The fourth-order valence-corrected chi connectivity index (χ4v) is 6.90. The summed E-state index contributed by atoms with van der Waals surface area (Å²) in [5, 5.41) is 55.1. The number of phenolic OH excluding ortho intramolecular Hbond substituents is 2. The monoisotopic (exact) mass is 613 g/mol. The Kier molecular flexibility index (Phi) is 8.09. The van der Waals surface area contributed by atoms with Crippen molar-refractivity contribution in [2.24, 2.45) is 0 Å². The molecule has 6 rings (SSSR count). The van der Waals surface area contributed by atoms with Crippen LogP contribution in [0.5, 0.6) is 11.5 Å². The van der Waals surface area contributed by atoms with Gasteiger partial charge in [-0.2, -0.15) is 0 Å². The van der Waals surface area contributed by atoms with E-state index in [0.717, 1.165) is 0 Å². The van der Waals surface area contributed by atoms with Gasteiger partial charge in [-0.3, -0.25) is 19.3 Å². The van der Waals surface area contributed by atoms with Gasteiger partial charge in [-0.25, -0.2) is 0 Å². The van der Waals surface area contributed by atoms with Gasteiger partial charge in [0.2, 0.25) is 0 Å². The van der Waals surface area contributed by atoms with Crippen molar-refractivity contribution in [1.82, 2.24) is 4.90 Å². The second-order valence-electron chi connectivity index (χ2n) is 11.8. The van der Waals surface area contributed by atoms with Crippen molar-refractivity contribution in [2.45, 2.75) is 68.7 Å². The van der Waals surface area contributed by atoms with Gasteiger partial charge in [0.05, 0.1) is 36.0 Å². The van der Waals surface area contributed by atoms with E-state index in [1.54, 1.807) is 19.1 Å². The molecule has 2 aliphatic heterocycles. The molecule has 2 aliphatic carbocycles. The summed E-state index contributed by atoms with van der Waals surface area (Å²) in [5.74, 6) is -3.61. The number of nitrogens with zero attached hydrogens (tertiary/aromatic N) is 1. The molecular weight excluding hydrogens is 578 g/mol. The summed E-state index contributed by atoms with van der Waals surface area (Å²) in [6.07, 6.45) is -5.29. The molecule has 0 saturated carbocycles. The molecule has 4 aliphatic rings. The van der Waals surface area contributed by atoms with E-state index in [9.17, 15) is 39.9 Å². The second-order valence-corrected chi connectivity index (χ2v) is 11.8. The van der Waals surface area contributed by atoms with Gasteiger partial charge in [0.25, 0.3) is 0 Å². The molecule has 2 aromatic rings. The molecule has 0 radical (unpaired) electrons. The van der Waals surface area contributed by atoms with Gasteiger partial charge in [-0.15, -0.1) is 0 Å². The van der Waals surface area contributed by atoms with Crippen LogP contribution in [0.15, 0.2) is 24.3 Å². The van der Waals surface area contributed by atoms with Crippen molar-refractivity contribution in [3.8, 4) is 11.5 Å². The Balaban J connectivity index is 1.41. The number of methoxy groups -OCH3 is 1. The first-order chi connectivity index (χ1) is 21.0. The Labute approximate surface area is 252 Å². The third-order valence-electron chi connectivity index (χ3n) is 9.23. The standard InChI is InChI=1S/C31H35NO12/c1-14-26(35)18(32-7-8-42-22(12-32)41-2)9-21(43-14)44-19-11-31(40,20(34)13-33)10-17-23(19)30(39)25-24(29(17)38)27(36)15-5-3-4-6-16(15)28(25)37/h3-6,14,18-19,21-22,26,33,35,38-40H,7-13H2,1-2H3. The highest BCUT2D eigenvalue weighted by atomic mass is 16.7. The largest absolute Gasteiger partial charge is 0.507 e. The molecule has 0 spiro atoms. The van der Waals surface area contributed by atoms with Gasteiger partial charge in [0.1, 0.15) is 23.7 Å². The Morgan fingerprint density at radius 2 is 1.75 bits per heavy atom. The lowest BCUT2D eigenvalue weighted by molar-refractivity contribution is -0.266. The van der Waals surface area contributed by atoms with Crippen LogP contribution in [0.2, 0.25) is 0 Å². The highest BCUT2D eigenvalue weighted by molar-refractivity contribution is 6.30. The lowest BCUT2D eigenvalue weighted by atomic mass is 9.72. The number of morpholine rings is 1. The maximum atomic E-state index is 13.6. The number of aliphatic hydroxyl groups is 3. The lowest BCUT2D eigenvalue weighted by Gasteiger charge is -2.47. The number of Topliss-reactive ketones (excluding diaryl/α,β-unsaturated/α-hetero) is 1. The summed E-state index contributed by atoms with van der Waals surface area (Å²) < 4.78 is 23.2. The Morgan fingerprint density at radius 1 is 1.09 bits per heavy atom. The van der Waals surface area contributed by atoms with Crippen molar-refractivity contribution >= 4 is 17.3 Å². The number of ether oxygens (including phenoxy) is 4. The minimum absolute atomic E-state index is 0.0398. The molecule has 0 amide bonds. The number of fused-ring (bicyclic) bond motifs is 3. The number of aromatic hydroxyl groups is 2. The van der Waals surface area contributed by atoms with Crippen molar-refractivity contribution in [3.05, 3.63) is 57.6 Å². The van der Waals surface area contributed by atoms with Crippen LogP contribution >= 0.6 is 0 Å². The molecule has 44 heavy (non-hydrogen) atoms. The Morgan fingerprint density at radius 3 is 2.39 bits per heavy atom. The number of hydrogen-bond acceptors (Lipinski definition) is 13. The minimum Gasteiger partial charge on any atom is -0.507 e. The fraction of sp³-hybridized carbons (Fsp3) is 0.516. The maximum absolute atomic E-state index is 13.6. The molecule has 0 bridgehead atoms. The topological polar surface area (TPSA) is 193 Å². The van der Waals surface area contributed by atoms with E-state index in [1.807, 2.05) is 4.90 Å². The van der Waals surface area contributed by atoms with Gasteiger partial charge in [-0.1, -0.05) is 24.3 Å². The van der Waals surface area contributed by atoms with E-state index < -0.39 is 102 Å². The van der Waals surface area contributed by atoms with Gasteiger partial charge in [0, 0.05) is 67.8 Å². The first-order valence-electron chi connectivity index (χ1n) is 14.5. The summed E-state index contributed by atoms with van der Waals surface area (Å²) >= 11 is 0. The van der Waals surface area contributed by atoms with Crippen LogP contribution in [-0.4, -0.2) is 118 Å². The smallest absolute Gasteiger partial charge is 0.198 e. The van der Waals surface area contributed by atoms with E-state index >= 15 is 0 Å². The summed E-state index contributed by atoms with van der Waals surface area (Å²) in [6.45, 7) is 1.93. The molecule has 7 atom stereocenters. The van der Waals surface area contributed by atoms with Crippen LogP contribution in [0.25, 0.3) is 0 Å². The molecule has 2 aromatic carbocycles. The molecule has 7 unspecified atom stereocenters. The zero-order valence-electron chi connectivity index (χ0n) is 24.3. The van der Waals surface area contributed by atoms with Crippen LogP contribution in [0, 0.1) is 0 Å². The molecule has 2 saturated heterocycles. The zero-order valence-corrected chi connectivity index (χ0v) is 24.3. The summed E-state index contributed by atoms with van der Waals surface area (Å²) in [4.78, 5) is 41.8. The maximum Gasteiger partial charge on any atom is 0.198 e. The third-order valence-corrected chi connectivity index (χ3v) is 9.23. The Bertz CT molecular complexity index is 1510. The number of hydrogen-bond donors (Lipinski definition) is 5. The van der Waals surface area contributed by atoms with Crippen LogP contribution in [-0.2, 0) is 30.2 Å². The highest BCUT2D eigenvalue weighted by Gasteiger charge is 2.50. The molecule has 13 nitrogen and oxygen atoms in total. The van der Waals surface area contributed by atoms with Gasteiger partial charge in [-0.05, 0) is 6.92 Å². The first-order valence-corrected chi connectivity index (χ1v) is 14.5. The highest BCUT2D eigenvalue weighted by Crippen LogP contribution is 2.52. The molecular formula is C31H35NO12. The average Bonchev–Trinajstić information content (AvgIpc) is 3.02. The van der Waals surface area contributed by atoms with Crippen LogP contribution in [0.4, 0.5) is 0 Å². The van der Waals surface area contributed by atoms with E-state index in [0.29, 0.717) is 19.7 Å². The molecule has 2 heterocycles. The first kappa shape index (κ1) is 30.7. The van der Waals surface area contributed by atoms with Crippen molar-refractivity contribution in [1.29, 1.82) is 0 Å². The number of carbonyl (C=O) groups excluding carboxylic acids is 3. The zero-order chi connectivity index (χ0) is 31.5. The van der Waals surface area contributed by atoms with Crippen molar-refractivity contribution < 1.29 is 58.9 Å². The Hall–Kier alpha value is -3.27. The molecule has 13 heteroatoms. The number of aliphatic hydroxyl groups excluding tert-OH is 2. The number of phenols is 2. The summed E-state index contributed by atoms with van der Waals surface area (Å²) in [5.41, 5.74) is -3.20. The normalized spacial score (nSPS) is 32.1. The number of carbonyl (C=O) groups is 3. The summed E-state index contributed by atoms with van der Waals surface area (Å²) in [6, 6.07) is 5.57. The van der Waals surface area contributed by atoms with E-state index in [1.165, 1.54) is 19.2 Å². The van der Waals surface area contributed by atoms with E-state index in [4.69, 9.17) is 18.9 Å². The average molecular weight is 614 g/mol. The van der Waals surface area contributed by atoms with Gasteiger partial charge >= 0.3 is 0 Å². The second kappa shape index (κ2) is 11.6. The van der Waals surface area contributed by atoms with E-state index in [2.05, 4.69) is 0 Å². The third kappa shape index (κ3) is 4.93. The molecule has 236 valence electrons. The van der Waals surface area contributed by atoms with Crippen molar-refractivity contribution in [3.63, 3.8) is 0 Å². The fourth-order valence-electron chi connectivity index (χ4n) is 6.90. The van der Waals surface area contributed by atoms with Crippen LogP contribution in [0.1, 0.15) is 68.8 Å². The molecule has 2 fully saturated rings. The number of ketones is 3. The lowest BCUT2D eigenvalue weighted by Crippen LogP contribution is -2.59. The number of benzene rings is 2. The minimum atomic E-state index is -2.24. The van der Waals surface area contributed by atoms with Crippen molar-refractivity contribution in [2.75, 3.05) is 33.4 Å². The van der Waals surface area contributed by atoms with Crippen LogP contribution < -0.4 is 0 Å². The SMILES string of the molecule is COC1CN(C2CC(OC3CC(O)(C(=O)CO)Cc4c(O)c5c(c(O)c43)C(=O)c3ccccc3C5=O)OC(C)C2O)CCO1. The molecule has 5 N–H and O–H groups in total.